The summed E-state index contributed by atoms with van der Waals surface area (Å²) in [7, 11) is 0. The first-order chi connectivity index (χ1) is 9.97. The molecule has 2 heterocycles. The minimum atomic E-state index is 0.279. The molecule has 0 bridgehead atoms. The van der Waals surface area contributed by atoms with E-state index in [4.69, 9.17) is 22.7 Å². The van der Waals surface area contributed by atoms with E-state index in [9.17, 15) is 0 Å². The zero-order valence-corrected chi connectivity index (χ0v) is 14.4. The van der Waals surface area contributed by atoms with Gasteiger partial charge in [-0.2, -0.15) is 4.57 Å². The standard InChI is InChI=1S/C13H16N4OS3/c1-8-11(3-4-18-13(19)20)21-7-17(8)6-10-5-15-9(2)16-12(10)14/h5,7H,3-4,6H2,1-2H3,(H2-,14,15,16,19,20)/p+1. The van der Waals surface area contributed by atoms with Crippen LogP contribution in [-0.2, 0) is 17.7 Å². The lowest BCUT2D eigenvalue weighted by atomic mass is 10.2. The Labute approximate surface area is 138 Å². The first-order valence-electron chi connectivity index (χ1n) is 6.37. The van der Waals surface area contributed by atoms with Gasteiger partial charge in [-0.05, 0) is 19.1 Å². The number of nitrogens with two attached hydrogens (primary N) is 1. The second kappa shape index (κ2) is 7.15. The second-order valence-electron chi connectivity index (χ2n) is 4.55. The lowest BCUT2D eigenvalue weighted by Gasteiger charge is -2.02. The highest BCUT2D eigenvalue weighted by atomic mass is 32.1. The summed E-state index contributed by atoms with van der Waals surface area (Å²) in [5, 5.41) is 0. The Morgan fingerprint density at radius 3 is 2.95 bits per heavy atom. The van der Waals surface area contributed by atoms with Crippen LogP contribution in [0.15, 0.2) is 11.7 Å². The highest BCUT2D eigenvalue weighted by Crippen LogP contribution is 2.14. The number of thiol groups is 1. The molecular formula is C13H17N4OS3+. The van der Waals surface area contributed by atoms with Crippen LogP contribution in [-0.4, -0.2) is 21.0 Å². The maximum atomic E-state index is 5.94. The molecule has 0 fully saturated rings. The van der Waals surface area contributed by atoms with Gasteiger partial charge in [0, 0.05) is 19.5 Å². The number of rotatable bonds is 5. The third-order valence-corrected chi connectivity index (χ3v) is 4.46. The van der Waals surface area contributed by atoms with E-state index in [1.165, 1.54) is 10.6 Å². The molecule has 0 aliphatic heterocycles. The van der Waals surface area contributed by atoms with Crippen molar-refractivity contribution in [2.75, 3.05) is 12.3 Å². The largest absolute Gasteiger partial charge is 0.478 e. The minimum absolute atomic E-state index is 0.279. The number of ether oxygens (including phenoxy) is 1. The smallest absolute Gasteiger partial charge is 0.225 e. The van der Waals surface area contributed by atoms with Crippen LogP contribution in [0.1, 0.15) is 22.0 Å². The molecule has 0 amide bonds. The molecule has 0 aliphatic carbocycles. The topological polar surface area (TPSA) is 64.9 Å². The van der Waals surface area contributed by atoms with Crippen molar-refractivity contribution in [3.63, 3.8) is 0 Å². The number of nitrogen functional groups attached to an aromatic ring is 1. The van der Waals surface area contributed by atoms with E-state index in [1.807, 2.05) is 6.92 Å². The number of thiocarbonyl (C=S) groups is 1. The third-order valence-electron chi connectivity index (χ3n) is 3.07. The van der Waals surface area contributed by atoms with Gasteiger partial charge in [-0.25, -0.2) is 9.97 Å². The normalized spacial score (nSPS) is 10.6. The third kappa shape index (κ3) is 4.36. The molecule has 0 radical (unpaired) electrons. The highest BCUT2D eigenvalue weighted by Gasteiger charge is 2.17. The minimum Gasteiger partial charge on any atom is -0.478 e. The molecule has 2 N–H and O–H groups in total. The van der Waals surface area contributed by atoms with Crippen LogP contribution in [0.5, 0.6) is 0 Å². The number of anilines is 1. The van der Waals surface area contributed by atoms with Crippen LogP contribution < -0.4 is 10.3 Å². The summed E-state index contributed by atoms with van der Waals surface area (Å²) in [4.78, 5) is 9.64. The quantitative estimate of drug-likeness (QED) is 0.494. The SMILES string of the molecule is Cc1ncc(C[n+]2csc(CCOC(=S)S)c2C)c(N)n1. The fraction of sp³-hybridized carbons (Fsp3) is 0.385. The van der Waals surface area contributed by atoms with Gasteiger partial charge >= 0.3 is 0 Å². The van der Waals surface area contributed by atoms with E-state index in [-0.39, 0.29) is 4.38 Å². The number of hydrogen-bond acceptors (Lipinski definition) is 6. The molecule has 2 aromatic rings. The second-order valence-corrected chi connectivity index (χ2v) is 6.57. The van der Waals surface area contributed by atoms with Crippen LogP contribution in [0.2, 0.25) is 0 Å². The van der Waals surface area contributed by atoms with E-state index in [2.05, 4.69) is 39.6 Å². The Morgan fingerprint density at radius 2 is 2.29 bits per heavy atom. The van der Waals surface area contributed by atoms with Gasteiger partial charge < -0.3 is 10.5 Å². The average Bonchev–Trinajstić information content (AvgIpc) is 2.74. The summed E-state index contributed by atoms with van der Waals surface area (Å²) < 4.78 is 7.64. The van der Waals surface area contributed by atoms with Crippen molar-refractivity contribution < 1.29 is 9.30 Å². The Hall–Kier alpha value is -1.25. The summed E-state index contributed by atoms with van der Waals surface area (Å²) in [6, 6.07) is 0. The maximum Gasteiger partial charge on any atom is 0.225 e. The van der Waals surface area contributed by atoms with Crippen molar-refractivity contribution in [2.24, 2.45) is 0 Å². The fourth-order valence-electron chi connectivity index (χ4n) is 1.90. The first kappa shape index (κ1) is 16.1. The van der Waals surface area contributed by atoms with Crippen LogP contribution in [0.3, 0.4) is 0 Å². The van der Waals surface area contributed by atoms with E-state index < -0.39 is 0 Å². The lowest BCUT2D eigenvalue weighted by Crippen LogP contribution is -2.35. The summed E-state index contributed by atoms with van der Waals surface area (Å²) in [5.41, 5.74) is 10.1. The average molecular weight is 342 g/mol. The Kier molecular flexibility index (Phi) is 5.49. The molecule has 0 aliphatic rings. The zero-order valence-electron chi connectivity index (χ0n) is 11.9. The molecule has 8 heteroatoms. The molecule has 5 nitrogen and oxygen atoms in total. The van der Waals surface area contributed by atoms with Gasteiger partial charge in [-0.3, -0.25) is 0 Å². The Morgan fingerprint density at radius 1 is 1.52 bits per heavy atom. The molecule has 112 valence electrons. The van der Waals surface area contributed by atoms with Crippen LogP contribution >= 0.6 is 36.2 Å². The van der Waals surface area contributed by atoms with Gasteiger partial charge in [-0.15, -0.1) is 0 Å². The molecule has 0 aromatic carbocycles. The van der Waals surface area contributed by atoms with E-state index in [0.717, 1.165) is 12.0 Å². The fourth-order valence-corrected chi connectivity index (χ4v) is 3.05. The van der Waals surface area contributed by atoms with Crippen LogP contribution in [0.25, 0.3) is 0 Å². The monoisotopic (exact) mass is 341 g/mol. The van der Waals surface area contributed by atoms with Crippen molar-refractivity contribution in [1.29, 1.82) is 0 Å². The van der Waals surface area contributed by atoms with Crippen LogP contribution in [0, 0.1) is 13.8 Å². The summed E-state index contributed by atoms with van der Waals surface area (Å²) >= 11 is 10.4. The van der Waals surface area contributed by atoms with E-state index in [1.54, 1.807) is 17.5 Å². The molecule has 0 unspecified atom stereocenters. The van der Waals surface area contributed by atoms with Crippen LogP contribution in [0.4, 0.5) is 5.82 Å². The van der Waals surface area contributed by atoms with Gasteiger partial charge in [0.1, 0.15) is 11.6 Å². The molecular weight excluding hydrogens is 324 g/mol. The molecule has 0 spiro atoms. The molecule has 0 atom stereocenters. The van der Waals surface area contributed by atoms with Crippen molar-refractivity contribution in [3.05, 3.63) is 33.7 Å². The molecule has 2 aromatic heterocycles. The lowest BCUT2D eigenvalue weighted by molar-refractivity contribution is -0.689. The number of thiazole rings is 1. The van der Waals surface area contributed by atoms with Gasteiger partial charge in [0.15, 0.2) is 12.2 Å². The number of nitrogens with zero attached hydrogens (tertiary/aromatic N) is 3. The molecule has 2 rings (SSSR count). The number of aromatic nitrogens is 3. The molecule has 0 saturated carbocycles. The zero-order chi connectivity index (χ0) is 15.4. The van der Waals surface area contributed by atoms with Crippen molar-refractivity contribution in [1.82, 2.24) is 9.97 Å². The van der Waals surface area contributed by atoms with Gasteiger partial charge in [-0.1, -0.05) is 24.0 Å². The van der Waals surface area contributed by atoms with Gasteiger partial charge in [0.05, 0.1) is 17.0 Å². The molecule has 0 saturated heterocycles. The van der Waals surface area contributed by atoms with Gasteiger partial charge in [0.25, 0.3) is 0 Å². The van der Waals surface area contributed by atoms with Crippen molar-refractivity contribution in [2.45, 2.75) is 26.8 Å². The summed E-state index contributed by atoms with van der Waals surface area (Å²) in [6.07, 6.45) is 2.59. The first-order valence-corrected chi connectivity index (χ1v) is 8.11. The molecule has 21 heavy (non-hydrogen) atoms. The maximum absolute atomic E-state index is 5.94. The predicted octanol–water partition coefficient (Wildman–Crippen LogP) is 1.85. The Bertz CT molecular complexity index is 657. The number of hydrogen-bond donors (Lipinski definition) is 2. The number of aryl methyl sites for hydroxylation is 1. The van der Waals surface area contributed by atoms with E-state index >= 15 is 0 Å². The van der Waals surface area contributed by atoms with Crippen molar-refractivity contribution >= 4 is 46.4 Å². The summed E-state index contributed by atoms with van der Waals surface area (Å²) in [6.45, 7) is 5.11. The van der Waals surface area contributed by atoms with Gasteiger partial charge in [0.2, 0.25) is 9.89 Å². The van der Waals surface area contributed by atoms with Crippen molar-refractivity contribution in [3.8, 4) is 0 Å². The van der Waals surface area contributed by atoms with E-state index in [0.29, 0.717) is 24.8 Å². The summed E-state index contributed by atoms with van der Waals surface area (Å²) in [5.74, 6) is 1.22. The highest BCUT2D eigenvalue weighted by molar-refractivity contribution is 8.10. The Balaban J connectivity index is 2.07. The predicted molar refractivity (Wildman–Crippen MR) is 90.8 cm³/mol.